The number of hydrogen-bond acceptors (Lipinski definition) is 3. The van der Waals surface area contributed by atoms with Crippen LogP contribution in [0.2, 0.25) is 0 Å². The molecule has 0 amide bonds. The molecule has 92 valence electrons. The van der Waals surface area contributed by atoms with E-state index in [1.165, 1.54) is 11.3 Å². The maximum Gasteiger partial charge on any atom is 0.0642 e. The average molecular weight is 232 g/mol. The van der Waals surface area contributed by atoms with E-state index in [4.69, 9.17) is 10.5 Å². The lowest BCUT2D eigenvalue weighted by atomic mass is 10.0. The first-order chi connectivity index (χ1) is 8.33. The number of para-hydroxylation sites is 1. The molecule has 0 atom stereocenters. The van der Waals surface area contributed by atoms with Crippen LogP contribution in [0.4, 0.5) is 5.69 Å². The number of ether oxygens (including phenoxy) is 1. The van der Waals surface area contributed by atoms with Crippen LogP contribution >= 0.6 is 0 Å². The van der Waals surface area contributed by atoms with Crippen LogP contribution in [-0.4, -0.2) is 32.8 Å². The Balaban J connectivity index is 2.23. The number of anilines is 1. The third-order valence-corrected chi connectivity index (χ3v) is 3.08. The van der Waals surface area contributed by atoms with Crippen LogP contribution in [0.1, 0.15) is 12.0 Å². The molecule has 1 aliphatic rings. The Morgan fingerprint density at radius 2 is 2.00 bits per heavy atom. The minimum atomic E-state index is 0.649. The molecule has 1 aliphatic heterocycles. The quantitative estimate of drug-likeness (QED) is 0.861. The van der Waals surface area contributed by atoms with E-state index in [1.807, 2.05) is 0 Å². The minimum Gasteiger partial charge on any atom is -0.378 e. The van der Waals surface area contributed by atoms with Gasteiger partial charge in [0.1, 0.15) is 0 Å². The molecule has 0 unspecified atom stereocenters. The third kappa shape index (κ3) is 2.87. The van der Waals surface area contributed by atoms with Gasteiger partial charge >= 0.3 is 0 Å². The lowest BCUT2D eigenvalue weighted by Gasteiger charge is -2.31. The second kappa shape index (κ2) is 5.84. The largest absolute Gasteiger partial charge is 0.378 e. The van der Waals surface area contributed by atoms with Gasteiger partial charge in [0.25, 0.3) is 0 Å². The Kier molecular flexibility index (Phi) is 4.18. The van der Waals surface area contributed by atoms with Crippen LogP contribution in [0, 0.1) is 0 Å². The maximum absolute atomic E-state index is 5.60. The van der Waals surface area contributed by atoms with Crippen LogP contribution in [0.25, 0.3) is 5.57 Å². The van der Waals surface area contributed by atoms with Crippen molar-refractivity contribution in [2.24, 2.45) is 5.73 Å². The summed E-state index contributed by atoms with van der Waals surface area (Å²) in [6.45, 7) is 8.29. The van der Waals surface area contributed by atoms with Crippen LogP contribution < -0.4 is 10.6 Å². The summed E-state index contributed by atoms with van der Waals surface area (Å²) in [4.78, 5) is 2.36. The molecule has 2 rings (SSSR count). The third-order valence-electron chi connectivity index (χ3n) is 3.08. The number of morpholine rings is 1. The van der Waals surface area contributed by atoms with Crippen molar-refractivity contribution in [1.29, 1.82) is 0 Å². The molecule has 17 heavy (non-hydrogen) atoms. The number of rotatable bonds is 4. The van der Waals surface area contributed by atoms with Gasteiger partial charge in [0, 0.05) is 24.3 Å². The summed E-state index contributed by atoms with van der Waals surface area (Å²) in [7, 11) is 0. The Morgan fingerprint density at radius 3 is 2.71 bits per heavy atom. The Hall–Kier alpha value is -1.32. The summed E-state index contributed by atoms with van der Waals surface area (Å²) < 4.78 is 5.38. The molecule has 1 aromatic carbocycles. The molecule has 1 aromatic rings. The lowest BCUT2D eigenvalue weighted by molar-refractivity contribution is 0.122. The van der Waals surface area contributed by atoms with Crippen molar-refractivity contribution >= 4 is 11.3 Å². The number of hydrogen-bond donors (Lipinski definition) is 1. The normalized spacial score (nSPS) is 15.9. The van der Waals surface area contributed by atoms with Gasteiger partial charge in [0.05, 0.1) is 13.2 Å². The molecule has 0 spiro atoms. The van der Waals surface area contributed by atoms with Gasteiger partial charge in [-0.15, -0.1) is 0 Å². The zero-order chi connectivity index (χ0) is 12.1. The van der Waals surface area contributed by atoms with Crippen molar-refractivity contribution in [2.45, 2.75) is 6.42 Å². The van der Waals surface area contributed by atoms with E-state index in [1.54, 1.807) is 0 Å². The molecule has 0 saturated carbocycles. The van der Waals surface area contributed by atoms with E-state index in [2.05, 4.69) is 35.7 Å². The van der Waals surface area contributed by atoms with Crippen molar-refractivity contribution in [1.82, 2.24) is 0 Å². The SMILES string of the molecule is C=C(CCN)c1ccccc1N1CCOCC1. The first-order valence-corrected chi connectivity index (χ1v) is 6.13. The molecular formula is C14H20N2O. The van der Waals surface area contributed by atoms with Gasteiger partial charge in [-0.2, -0.15) is 0 Å². The highest BCUT2D eigenvalue weighted by Crippen LogP contribution is 2.28. The Bertz CT molecular complexity index is 384. The van der Waals surface area contributed by atoms with E-state index in [-0.39, 0.29) is 0 Å². The van der Waals surface area contributed by atoms with Crippen molar-refractivity contribution in [2.75, 3.05) is 37.7 Å². The van der Waals surface area contributed by atoms with Crippen LogP contribution in [-0.2, 0) is 4.74 Å². The number of benzene rings is 1. The number of nitrogens with two attached hydrogens (primary N) is 1. The van der Waals surface area contributed by atoms with E-state index >= 15 is 0 Å². The van der Waals surface area contributed by atoms with E-state index < -0.39 is 0 Å². The summed E-state index contributed by atoms with van der Waals surface area (Å²) >= 11 is 0. The zero-order valence-corrected chi connectivity index (χ0v) is 10.2. The summed E-state index contributed by atoms with van der Waals surface area (Å²) in [6.07, 6.45) is 0.849. The van der Waals surface area contributed by atoms with Crippen molar-refractivity contribution in [3.05, 3.63) is 36.4 Å². The highest BCUT2D eigenvalue weighted by atomic mass is 16.5. The van der Waals surface area contributed by atoms with E-state index in [0.717, 1.165) is 38.3 Å². The standard InChI is InChI=1S/C14H20N2O/c1-12(6-7-15)13-4-2-3-5-14(13)16-8-10-17-11-9-16/h2-5H,1,6-11,15H2. The van der Waals surface area contributed by atoms with Crippen molar-refractivity contribution in [3.8, 4) is 0 Å². The first kappa shape index (κ1) is 12.1. The highest BCUT2D eigenvalue weighted by Gasteiger charge is 2.15. The summed E-state index contributed by atoms with van der Waals surface area (Å²) in [5.41, 5.74) is 9.20. The van der Waals surface area contributed by atoms with Gasteiger partial charge in [0.2, 0.25) is 0 Å². The van der Waals surface area contributed by atoms with E-state index in [0.29, 0.717) is 6.54 Å². The summed E-state index contributed by atoms with van der Waals surface area (Å²) in [5, 5.41) is 0. The topological polar surface area (TPSA) is 38.5 Å². The molecule has 1 saturated heterocycles. The van der Waals surface area contributed by atoms with Crippen LogP contribution in [0.5, 0.6) is 0 Å². The second-order valence-corrected chi connectivity index (χ2v) is 4.26. The van der Waals surface area contributed by atoms with Crippen molar-refractivity contribution in [3.63, 3.8) is 0 Å². The molecule has 3 heteroatoms. The maximum atomic E-state index is 5.60. The molecule has 2 N–H and O–H groups in total. The van der Waals surface area contributed by atoms with Crippen molar-refractivity contribution < 1.29 is 4.74 Å². The second-order valence-electron chi connectivity index (χ2n) is 4.26. The first-order valence-electron chi connectivity index (χ1n) is 6.13. The van der Waals surface area contributed by atoms with Crippen LogP contribution in [0.15, 0.2) is 30.8 Å². The smallest absolute Gasteiger partial charge is 0.0642 e. The zero-order valence-electron chi connectivity index (χ0n) is 10.2. The molecule has 1 fully saturated rings. The van der Waals surface area contributed by atoms with Gasteiger partial charge in [0.15, 0.2) is 0 Å². The molecule has 0 aliphatic carbocycles. The molecular weight excluding hydrogens is 212 g/mol. The minimum absolute atomic E-state index is 0.649. The lowest BCUT2D eigenvalue weighted by Crippen LogP contribution is -2.36. The Morgan fingerprint density at radius 1 is 1.29 bits per heavy atom. The molecule has 1 heterocycles. The van der Waals surface area contributed by atoms with Gasteiger partial charge in [-0.05, 0) is 24.6 Å². The molecule has 3 nitrogen and oxygen atoms in total. The fourth-order valence-corrected chi connectivity index (χ4v) is 2.16. The number of nitrogens with zero attached hydrogens (tertiary/aromatic N) is 1. The van der Waals surface area contributed by atoms with Gasteiger partial charge in [-0.25, -0.2) is 0 Å². The molecule has 0 aromatic heterocycles. The average Bonchev–Trinajstić information content (AvgIpc) is 2.40. The fourth-order valence-electron chi connectivity index (χ4n) is 2.16. The van der Waals surface area contributed by atoms with Crippen LogP contribution in [0.3, 0.4) is 0 Å². The van der Waals surface area contributed by atoms with E-state index in [9.17, 15) is 0 Å². The van der Waals surface area contributed by atoms with Gasteiger partial charge < -0.3 is 15.4 Å². The predicted octanol–water partition coefficient (Wildman–Crippen LogP) is 1.89. The molecule has 0 bridgehead atoms. The summed E-state index contributed by atoms with van der Waals surface area (Å²) in [5.74, 6) is 0. The van der Waals surface area contributed by atoms with Gasteiger partial charge in [-0.3, -0.25) is 0 Å². The summed E-state index contributed by atoms with van der Waals surface area (Å²) in [6, 6.07) is 8.41. The fraction of sp³-hybridized carbons (Fsp3) is 0.429. The highest BCUT2D eigenvalue weighted by molar-refractivity contribution is 5.75. The monoisotopic (exact) mass is 232 g/mol. The van der Waals surface area contributed by atoms with Gasteiger partial charge in [-0.1, -0.05) is 24.8 Å². The Labute approximate surface area is 103 Å². The molecule has 0 radical (unpaired) electrons. The predicted molar refractivity (Wildman–Crippen MR) is 72.2 cm³/mol.